The second-order valence-electron chi connectivity index (χ2n) is 7.01. The van der Waals surface area contributed by atoms with E-state index in [0.717, 1.165) is 45.7 Å². The van der Waals surface area contributed by atoms with Crippen molar-refractivity contribution in [2.45, 2.75) is 58.4 Å². The van der Waals surface area contributed by atoms with Crippen LogP contribution in [-0.2, 0) is 24.4 Å². The summed E-state index contributed by atoms with van der Waals surface area (Å²) in [6, 6.07) is 5.23. The van der Waals surface area contributed by atoms with Gasteiger partial charge in [0, 0.05) is 56.3 Å². The van der Waals surface area contributed by atoms with Gasteiger partial charge in [0.1, 0.15) is 0 Å². The van der Waals surface area contributed by atoms with Gasteiger partial charge in [-0.2, -0.15) is 5.10 Å². The van der Waals surface area contributed by atoms with Gasteiger partial charge in [-0.25, -0.2) is 0 Å². The fraction of sp³-hybridized carbons (Fsp3) is 0.611. The lowest BCUT2D eigenvalue weighted by Gasteiger charge is -2.31. The van der Waals surface area contributed by atoms with Crippen LogP contribution in [0.3, 0.4) is 0 Å². The number of ether oxygens (including phenoxy) is 1. The highest BCUT2D eigenvalue weighted by atomic mass is 16.5. The molecule has 0 atom stereocenters. The summed E-state index contributed by atoms with van der Waals surface area (Å²) in [4.78, 5) is 2.63. The van der Waals surface area contributed by atoms with Crippen molar-refractivity contribution in [3.63, 3.8) is 0 Å². The number of nitrogens with zero attached hydrogens (tertiary/aromatic N) is 4. The van der Waals surface area contributed by atoms with E-state index >= 15 is 0 Å². The van der Waals surface area contributed by atoms with Crippen LogP contribution in [0.25, 0.3) is 0 Å². The van der Waals surface area contributed by atoms with E-state index in [2.05, 4.69) is 52.5 Å². The van der Waals surface area contributed by atoms with Crippen molar-refractivity contribution in [1.82, 2.24) is 19.2 Å². The van der Waals surface area contributed by atoms with E-state index in [1.54, 1.807) is 0 Å². The highest BCUT2D eigenvalue weighted by molar-refractivity contribution is 5.31. The van der Waals surface area contributed by atoms with Crippen molar-refractivity contribution in [3.8, 4) is 0 Å². The van der Waals surface area contributed by atoms with E-state index in [1.165, 1.54) is 17.0 Å². The predicted octanol–water partition coefficient (Wildman–Crippen LogP) is 2.81. The minimum Gasteiger partial charge on any atom is -0.381 e. The van der Waals surface area contributed by atoms with E-state index < -0.39 is 0 Å². The van der Waals surface area contributed by atoms with Crippen LogP contribution < -0.4 is 0 Å². The highest BCUT2D eigenvalue weighted by Gasteiger charge is 2.33. The molecule has 5 heteroatoms. The summed E-state index contributed by atoms with van der Waals surface area (Å²) in [5.74, 6) is 0. The van der Waals surface area contributed by atoms with Crippen molar-refractivity contribution >= 4 is 0 Å². The SMILES string of the molecule is CC(C)n1nc(Cn2cccc2)c2c1CN(C1CCOCC1)C2. The molecule has 0 unspecified atom stereocenters. The summed E-state index contributed by atoms with van der Waals surface area (Å²) in [6.07, 6.45) is 6.55. The van der Waals surface area contributed by atoms with E-state index in [9.17, 15) is 0 Å². The van der Waals surface area contributed by atoms with Gasteiger partial charge in [0.2, 0.25) is 0 Å². The fourth-order valence-electron chi connectivity index (χ4n) is 3.87. The molecule has 124 valence electrons. The molecule has 4 heterocycles. The summed E-state index contributed by atoms with van der Waals surface area (Å²) in [6.45, 7) is 9.22. The summed E-state index contributed by atoms with van der Waals surface area (Å²) in [7, 11) is 0. The summed E-state index contributed by atoms with van der Waals surface area (Å²) in [5.41, 5.74) is 4.12. The maximum Gasteiger partial charge on any atom is 0.0870 e. The molecule has 2 aromatic rings. The van der Waals surface area contributed by atoms with Crippen LogP contribution in [0.1, 0.15) is 49.7 Å². The van der Waals surface area contributed by atoms with Crippen LogP contribution in [0.15, 0.2) is 24.5 Å². The topological polar surface area (TPSA) is 35.2 Å². The molecule has 0 radical (unpaired) electrons. The molecular formula is C18H26N4O. The van der Waals surface area contributed by atoms with Crippen molar-refractivity contribution in [3.05, 3.63) is 41.5 Å². The molecule has 2 aliphatic heterocycles. The van der Waals surface area contributed by atoms with E-state index in [0.29, 0.717) is 12.1 Å². The zero-order chi connectivity index (χ0) is 15.8. The number of rotatable bonds is 4. The van der Waals surface area contributed by atoms with Crippen LogP contribution in [0.2, 0.25) is 0 Å². The van der Waals surface area contributed by atoms with Crippen LogP contribution in [0, 0.1) is 0 Å². The Morgan fingerprint density at radius 2 is 1.91 bits per heavy atom. The number of hydrogen-bond donors (Lipinski definition) is 0. The molecule has 2 aliphatic rings. The fourth-order valence-corrected chi connectivity index (χ4v) is 3.87. The normalized spacial score (nSPS) is 19.6. The Hall–Kier alpha value is -1.59. The predicted molar refractivity (Wildman–Crippen MR) is 89.2 cm³/mol. The number of fused-ring (bicyclic) bond motifs is 1. The summed E-state index contributed by atoms with van der Waals surface area (Å²) in [5, 5.41) is 4.93. The minimum atomic E-state index is 0.414. The Labute approximate surface area is 137 Å². The number of aromatic nitrogens is 3. The lowest BCUT2D eigenvalue weighted by atomic mass is 10.1. The lowest BCUT2D eigenvalue weighted by Crippen LogP contribution is -2.36. The van der Waals surface area contributed by atoms with E-state index in [-0.39, 0.29) is 0 Å². The Bertz CT molecular complexity index is 653. The third-order valence-corrected chi connectivity index (χ3v) is 5.11. The maximum absolute atomic E-state index is 5.53. The van der Waals surface area contributed by atoms with E-state index in [4.69, 9.17) is 9.84 Å². The number of hydrogen-bond acceptors (Lipinski definition) is 3. The Morgan fingerprint density at radius 1 is 1.17 bits per heavy atom. The van der Waals surface area contributed by atoms with Crippen LogP contribution in [0.4, 0.5) is 0 Å². The summed E-state index contributed by atoms with van der Waals surface area (Å²) >= 11 is 0. The second-order valence-corrected chi connectivity index (χ2v) is 7.01. The first-order valence-electron chi connectivity index (χ1n) is 8.74. The molecule has 0 bridgehead atoms. The van der Waals surface area contributed by atoms with Gasteiger partial charge in [-0.1, -0.05) is 0 Å². The molecule has 0 spiro atoms. The highest BCUT2D eigenvalue weighted by Crippen LogP contribution is 2.32. The minimum absolute atomic E-state index is 0.414. The van der Waals surface area contributed by atoms with Gasteiger partial charge in [-0.15, -0.1) is 0 Å². The molecule has 0 saturated carbocycles. The zero-order valence-electron chi connectivity index (χ0n) is 14.1. The molecular weight excluding hydrogens is 288 g/mol. The smallest absolute Gasteiger partial charge is 0.0870 e. The van der Waals surface area contributed by atoms with Crippen molar-refractivity contribution in [2.75, 3.05) is 13.2 Å². The Kier molecular flexibility index (Phi) is 3.99. The molecule has 23 heavy (non-hydrogen) atoms. The van der Waals surface area contributed by atoms with Crippen LogP contribution in [0.5, 0.6) is 0 Å². The second kappa shape index (κ2) is 6.13. The molecule has 0 amide bonds. The van der Waals surface area contributed by atoms with Gasteiger partial charge in [-0.3, -0.25) is 9.58 Å². The van der Waals surface area contributed by atoms with Crippen LogP contribution >= 0.6 is 0 Å². The monoisotopic (exact) mass is 314 g/mol. The average Bonchev–Trinajstić information content (AvgIpc) is 3.26. The molecule has 2 aromatic heterocycles. The van der Waals surface area contributed by atoms with Crippen molar-refractivity contribution < 1.29 is 4.74 Å². The first-order chi connectivity index (χ1) is 11.2. The third-order valence-electron chi connectivity index (χ3n) is 5.11. The lowest BCUT2D eigenvalue weighted by molar-refractivity contribution is 0.0317. The Balaban J connectivity index is 1.60. The molecule has 4 rings (SSSR count). The average molecular weight is 314 g/mol. The first-order valence-corrected chi connectivity index (χ1v) is 8.74. The van der Waals surface area contributed by atoms with Gasteiger partial charge in [0.25, 0.3) is 0 Å². The zero-order valence-corrected chi connectivity index (χ0v) is 14.1. The molecule has 0 N–H and O–H groups in total. The summed E-state index contributed by atoms with van der Waals surface area (Å²) < 4.78 is 9.98. The molecule has 1 saturated heterocycles. The van der Waals surface area contributed by atoms with Crippen LogP contribution in [-0.4, -0.2) is 38.5 Å². The maximum atomic E-state index is 5.53. The van der Waals surface area contributed by atoms with Gasteiger partial charge in [0.15, 0.2) is 0 Å². The molecule has 0 aliphatic carbocycles. The Morgan fingerprint density at radius 3 is 2.61 bits per heavy atom. The van der Waals surface area contributed by atoms with Gasteiger partial charge in [-0.05, 0) is 38.8 Å². The quantitative estimate of drug-likeness (QED) is 0.870. The standard InChI is InChI=1S/C18H26N4O/c1-14(2)22-18-13-21(15-5-9-23-10-6-15)11-16(18)17(19-22)12-20-7-3-4-8-20/h3-4,7-8,14-15H,5-6,9-13H2,1-2H3. The first kappa shape index (κ1) is 15.0. The van der Waals surface area contributed by atoms with E-state index in [1.807, 2.05) is 0 Å². The third kappa shape index (κ3) is 2.83. The van der Waals surface area contributed by atoms with Crippen molar-refractivity contribution in [1.29, 1.82) is 0 Å². The van der Waals surface area contributed by atoms with Gasteiger partial charge >= 0.3 is 0 Å². The molecule has 5 nitrogen and oxygen atoms in total. The van der Waals surface area contributed by atoms with Gasteiger partial charge < -0.3 is 9.30 Å². The molecule has 1 fully saturated rings. The van der Waals surface area contributed by atoms with Gasteiger partial charge in [0.05, 0.1) is 17.9 Å². The largest absolute Gasteiger partial charge is 0.381 e. The van der Waals surface area contributed by atoms with Crippen molar-refractivity contribution in [2.24, 2.45) is 0 Å². The molecule has 0 aromatic carbocycles.